The van der Waals surface area contributed by atoms with Gasteiger partial charge in [-0.15, -0.1) is 0 Å². The molecule has 1 aromatic heterocycles. The standard InChI is InChI=1S/C20H24N2O3/c23-20(19-13-15-7-2-3-8-17(15)25-19)21-14-16(18-9-6-12-24-18)22-10-4-1-5-11-22/h2-3,6-9,12,16,19H,1,4-5,10-11,13-14H2,(H,21,23). The van der Waals surface area contributed by atoms with Crippen LogP contribution in [0.5, 0.6) is 5.75 Å². The highest BCUT2D eigenvalue weighted by molar-refractivity contribution is 5.82. The summed E-state index contributed by atoms with van der Waals surface area (Å²) in [5, 5.41) is 3.08. The number of para-hydroxylation sites is 1. The van der Waals surface area contributed by atoms with E-state index in [0.717, 1.165) is 30.2 Å². The number of piperidine rings is 1. The molecule has 0 bridgehead atoms. The minimum absolute atomic E-state index is 0.0511. The molecule has 4 rings (SSSR count). The number of rotatable bonds is 5. The van der Waals surface area contributed by atoms with Crippen molar-refractivity contribution in [2.75, 3.05) is 19.6 Å². The number of nitrogens with one attached hydrogen (secondary N) is 1. The second-order valence-corrected chi connectivity index (χ2v) is 6.79. The number of ether oxygens (including phenoxy) is 1. The van der Waals surface area contributed by atoms with E-state index in [1.54, 1.807) is 6.26 Å². The molecule has 1 amide bonds. The number of nitrogens with zero attached hydrogens (tertiary/aromatic N) is 1. The van der Waals surface area contributed by atoms with Gasteiger partial charge in [-0.1, -0.05) is 24.6 Å². The maximum absolute atomic E-state index is 12.6. The lowest BCUT2D eigenvalue weighted by atomic mass is 10.1. The van der Waals surface area contributed by atoms with Crippen LogP contribution in [0.1, 0.15) is 36.6 Å². The number of fused-ring (bicyclic) bond motifs is 1. The van der Waals surface area contributed by atoms with Crippen LogP contribution in [0.15, 0.2) is 47.1 Å². The quantitative estimate of drug-likeness (QED) is 0.909. The largest absolute Gasteiger partial charge is 0.480 e. The van der Waals surface area contributed by atoms with Gasteiger partial charge in [-0.05, 0) is 49.7 Å². The zero-order valence-electron chi connectivity index (χ0n) is 14.3. The molecule has 25 heavy (non-hydrogen) atoms. The van der Waals surface area contributed by atoms with E-state index in [9.17, 15) is 4.79 Å². The summed E-state index contributed by atoms with van der Waals surface area (Å²) in [7, 11) is 0. The summed E-state index contributed by atoms with van der Waals surface area (Å²) >= 11 is 0. The molecule has 3 heterocycles. The van der Waals surface area contributed by atoms with Crippen LogP contribution in [0, 0.1) is 0 Å². The first-order chi connectivity index (χ1) is 12.3. The number of hydrogen-bond acceptors (Lipinski definition) is 4. The minimum Gasteiger partial charge on any atom is -0.480 e. The average molecular weight is 340 g/mol. The number of amides is 1. The fraction of sp³-hybridized carbons (Fsp3) is 0.450. The number of carbonyl (C=O) groups excluding carboxylic acids is 1. The molecule has 1 fully saturated rings. The number of carbonyl (C=O) groups is 1. The Kier molecular flexibility index (Phi) is 4.74. The maximum atomic E-state index is 12.6. The fourth-order valence-corrected chi connectivity index (χ4v) is 3.76. The highest BCUT2D eigenvalue weighted by atomic mass is 16.5. The van der Waals surface area contributed by atoms with Crippen LogP contribution >= 0.6 is 0 Å². The van der Waals surface area contributed by atoms with Crippen molar-refractivity contribution in [3.05, 3.63) is 54.0 Å². The molecule has 5 nitrogen and oxygen atoms in total. The normalized spacial score (nSPS) is 21.4. The minimum atomic E-state index is -0.434. The first-order valence-corrected chi connectivity index (χ1v) is 9.11. The van der Waals surface area contributed by atoms with Gasteiger partial charge < -0.3 is 14.5 Å². The Morgan fingerprint density at radius 2 is 2.00 bits per heavy atom. The number of hydrogen-bond donors (Lipinski definition) is 1. The van der Waals surface area contributed by atoms with Crippen molar-refractivity contribution < 1.29 is 13.9 Å². The summed E-state index contributed by atoms with van der Waals surface area (Å²) in [6, 6.07) is 11.8. The molecule has 1 aromatic carbocycles. The summed E-state index contributed by atoms with van der Waals surface area (Å²) in [4.78, 5) is 15.0. The van der Waals surface area contributed by atoms with Crippen molar-refractivity contribution >= 4 is 5.91 Å². The highest BCUT2D eigenvalue weighted by Gasteiger charge is 2.30. The van der Waals surface area contributed by atoms with Gasteiger partial charge in [0.15, 0.2) is 6.10 Å². The summed E-state index contributed by atoms with van der Waals surface area (Å²) < 4.78 is 11.4. The fourth-order valence-electron chi connectivity index (χ4n) is 3.76. The van der Waals surface area contributed by atoms with E-state index in [4.69, 9.17) is 9.15 Å². The third kappa shape index (κ3) is 3.56. The van der Waals surface area contributed by atoms with Crippen LogP contribution in [0.2, 0.25) is 0 Å². The Morgan fingerprint density at radius 3 is 2.76 bits per heavy atom. The molecule has 2 aliphatic heterocycles. The van der Waals surface area contributed by atoms with Crippen molar-refractivity contribution in [3.8, 4) is 5.75 Å². The Bertz CT molecular complexity index is 682. The average Bonchev–Trinajstić information content (AvgIpc) is 3.32. The van der Waals surface area contributed by atoms with Gasteiger partial charge in [0.25, 0.3) is 5.91 Å². The predicted octanol–water partition coefficient (Wildman–Crippen LogP) is 2.93. The maximum Gasteiger partial charge on any atom is 0.261 e. The van der Waals surface area contributed by atoms with Gasteiger partial charge in [0.05, 0.1) is 12.3 Å². The lowest BCUT2D eigenvalue weighted by molar-refractivity contribution is -0.127. The van der Waals surface area contributed by atoms with E-state index in [0.29, 0.717) is 13.0 Å². The monoisotopic (exact) mass is 340 g/mol. The lowest BCUT2D eigenvalue weighted by Gasteiger charge is -2.33. The molecule has 2 aromatic rings. The van der Waals surface area contributed by atoms with Crippen molar-refractivity contribution in [2.24, 2.45) is 0 Å². The van der Waals surface area contributed by atoms with Crippen LogP contribution < -0.4 is 10.1 Å². The molecule has 2 atom stereocenters. The van der Waals surface area contributed by atoms with Crippen LogP contribution in [-0.4, -0.2) is 36.5 Å². The second-order valence-electron chi connectivity index (χ2n) is 6.79. The lowest BCUT2D eigenvalue weighted by Crippen LogP contribution is -2.44. The Balaban J connectivity index is 1.39. The predicted molar refractivity (Wildman–Crippen MR) is 94.4 cm³/mol. The molecule has 5 heteroatoms. The zero-order valence-corrected chi connectivity index (χ0v) is 14.3. The zero-order chi connectivity index (χ0) is 17.1. The molecule has 1 N–H and O–H groups in total. The van der Waals surface area contributed by atoms with E-state index in [1.807, 2.05) is 36.4 Å². The molecule has 0 saturated carbocycles. The van der Waals surface area contributed by atoms with Gasteiger partial charge in [0, 0.05) is 13.0 Å². The molecule has 2 unspecified atom stereocenters. The highest BCUT2D eigenvalue weighted by Crippen LogP contribution is 2.29. The molecular formula is C20H24N2O3. The summed E-state index contributed by atoms with van der Waals surface area (Å²) in [6.45, 7) is 2.64. The Labute approximate surface area is 148 Å². The molecule has 132 valence electrons. The van der Waals surface area contributed by atoms with Crippen LogP contribution in [0.4, 0.5) is 0 Å². The summed E-state index contributed by atoms with van der Waals surface area (Å²) in [6.07, 6.45) is 5.58. The summed E-state index contributed by atoms with van der Waals surface area (Å²) in [5.74, 6) is 1.68. The molecule has 0 aliphatic carbocycles. The van der Waals surface area contributed by atoms with E-state index in [2.05, 4.69) is 10.2 Å². The van der Waals surface area contributed by atoms with Crippen LogP contribution in [0.3, 0.4) is 0 Å². The van der Waals surface area contributed by atoms with Gasteiger partial charge >= 0.3 is 0 Å². The molecule has 0 radical (unpaired) electrons. The molecular weight excluding hydrogens is 316 g/mol. The number of benzene rings is 1. The van der Waals surface area contributed by atoms with Crippen molar-refractivity contribution in [3.63, 3.8) is 0 Å². The smallest absolute Gasteiger partial charge is 0.261 e. The van der Waals surface area contributed by atoms with Crippen molar-refractivity contribution in [1.29, 1.82) is 0 Å². The van der Waals surface area contributed by atoms with Gasteiger partial charge in [0.2, 0.25) is 0 Å². The van der Waals surface area contributed by atoms with E-state index in [-0.39, 0.29) is 11.9 Å². The van der Waals surface area contributed by atoms with Crippen molar-refractivity contribution in [1.82, 2.24) is 10.2 Å². The molecule has 1 saturated heterocycles. The third-order valence-corrected chi connectivity index (χ3v) is 5.11. The first kappa shape index (κ1) is 16.2. The van der Waals surface area contributed by atoms with E-state index >= 15 is 0 Å². The third-order valence-electron chi connectivity index (χ3n) is 5.11. The Hall–Kier alpha value is -2.27. The SMILES string of the molecule is O=C(NCC(c1ccco1)N1CCCCC1)C1Cc2ccccc2O1. The first-order valence-electron chi connectivity index (χ1n) is 9.11. The number of likely N-dealkylation sites (tertiary alicyclic amines) is 1. The number of furan rings is 1. The second kappa shape index (κ2) is 7.31. The van der Waals surface area contributed by atoms with Crippen molar-refractivity contribution in [2.45, 2.75) is 37.8 Å². The van der Waals surface area contributed by atoms with Gasteiger partial charge in [-0.2, -0.15) is 0 Å². The topological polar surface area (TPSA) is 54.7 Å². The summed E-state index contributed by atoms with van der Waals surface area (Å²) in [5.41, 5.74) is 1.10. The van der Waals surface area contributed by atoms with E-state index < -0.39 is 6.10 Å². The van der Waals surface area contributed by atoms with Crippen LogP contribution in [-0.2, 0) is 11.2 Å². The Morgan fingerprint density at radius 1 is 1.16 bits per heavy atom. The molecule has 2 aliphatic rings. The van der Waals surface area contributed by atoms with Gasteiger partial charge in [-0.3, -0.25) is 9.69 Å². The van der Waals surface area contributed by atoms with E-state index in [1.165, 1.54) is 19.3 Å². The van der Waals surface area contributed by atoms with Crippen LogP contribution in [0.25, 0.3) is 0 Å². The molecule has 0 spiro atoms. The van der Waals surface area contributed by atoms with Gasteiger partial charge in [0.1, 0.15) is 11.5 Å². The van der Waals surface area contributed by atoms with Gasteiger partial charge in [-0.25, -0.2) is 0 Å².